The van der Waals surface area contributed by atoms with E-state index in [1.165, 1.54) is 0 Å². The highest BCUT2D eigenvalue weighted by molar-refractivity contribution is 8.45. The summed E-state index contributed by atoms with van der Waals surface area (Å²) in [6.45, 7) is 0.168. The van der Waals surface area contributed by atoms with E-state index < -0.39 is 21.2 Å². The fraction of sp³-hybridized carbons (Fsp3) is 0.148. The predicted molar refractivity (Wildman–Crippen MR) is 144 cm³/mol. The van der Waals surface area contributed by atoms with E-state index in [1.807, 2.05) is 0 Å². The van der Waals surface area contributed by atoms with Gasteiger partial charge in [0.15, 0.2) is 0 Å². The van der Waals surface area contributed by atoms with Gasteiger partial charge in [-0.2, -0.15) is 5.10 Å². The van der Waals surface area contributed by atoms with Crippen LogP contribution >= 0.6 is 10.2 Å². The third-order valence-electron chi connectivity index (χ3n) is 7.14. The van der Waals surface area contributed by atoms with E-state index in [9.17, 15) is 24.2 Å². The Morgan fingerprint density at radius 3 is 2.40 bits per heavy atom. The first-order valence-electron chi connectivity index (χ1n) is 12.0. The summed E-state index contributed by atoms with van der Waals surface area (Å²) in [5.74, 6) is 0.543. The Morgan fingerprint density at radius 1 is 1.00 bits per heavy atom. The summed E-state index contributed by atoms with van der Waals surface area (Å²) in [5.41, 5.74) is 9.40. The fourth-order valence-electron chi connectivity index (χ4n) is 5.03. The van der Waals surface area contributed by atoms with Gasteiger partial charge < -0.3 is 15.4 Å². The number of benzene rings is 3. The van der Waals surface area contributed by atoms with Crippen molar-refractivity contribution < 1.29 is 29.0 Å². The molecular formula is C27H22F5N5O2S. The number of nitrogen functional groups attached to an aromatic ring is 1. The first-order chi connectivity index (χ1) is 18.6. The number of ether oxygens (including phenoxy) is 1. The van der Waals surface area contributed by atoms with Gasteiger partial charge in [0, 0.05) is 30.6 Å². The summed E-state index contributed by atoms with van der Waals surface area (Å²) in [4.78, 5) is 17.5. The molecule has 2 N–H and O–H groups in total. The number of nitrogens with two attached hydrogens (primary N) is 1. The number of fused-ring (bicyclic) bond motifs is 4. The largest absolute Gasteiger partial charge is 0.491 e. The minimum absolute atomic E-state index is 0.168. The number of likely N-dealkylation sites (N-methyl/N-ethyl adjacent to an activating group) is 1. The number of aryl methyl sites for hydroxylation is 1. The molecule has 1 atom stereocenters. The van der Waals surface area contributed by atoms with E-state index in [0.717, 1.165) is 23.0 Å². The molecule has 13 heteroatoms. The van der Waals surface area contributed by atoms with E-state index in [1.54, 1.807) is 66.3 Å². The second-order valence-electron chi connectivity index (χ2n) is 9.75. The maximum atomic E-state index is 13.5. The molecule has 0 unspecified atom stereocenters. The van der Waals surface area contributed by atoms with Crippen molar-refractivity contribution in [3.63, 3.8) is 0 Å². The molecule has 6 rings (SSSR count). The van der Waals surface area contributed by atoms with Gasteiger partial charge in [0.25, 0.3) is 5.91 Å². The van der Waals surface area contributed by atoms with Gasteiger partial charge in [-0.3, -0.25) is 9.48 Å². The fourth-order valence-corrected chi connectivity index (χ4v) is 5.68. The molecule has 0 saturated heterocycles. The van der Waals surface area contributed by atoms with E-state index in [-0.39, 0.29) is 12.5 Å². The summed E-state index contributed by atoms with van der Waals surface area (Å²) < 4.78 is 72.8. The van der Waals surface area contributed by atoms with Crippen LogP contribution in [0.3, 0.4) is 0 Å². The van der Waals surface area contributed by atoms with E-state index >= 15 is 0 Å². The summed E-state index contributed by atoms with van der Waals surface area (Å²) >= 11 is 0. The summed E-state index contributed by atoms with van der Waals surface area (Å²) in [6, 6.07) is 12.5. The van der Waals surface area contributed by atoms with Crippen LogP contribution in [0.2, 0.25) is 0 Å². The van der Waals surface area contributed by atoms with Crippen molar-refractivity contribution in [3.8, 4) is 16.9 Å². The van der Waals surface area contributed by atoms with E-state index in [2.05, 4.69) is 10.1 Å². The first-order valence-corrected chi connectivity index (χ1v) is 14.0. The summed E-state index contributed by atoms with van der Waals surface area (Å²) in [6.07, 6.45) is 1.62. The lowest BCUT2D eigenvalue weighted by atomic mass is 10.00. The molecule has 0 bridgehead atoms. The standard InChI is InChI=1S/C27H22F5N5O2S/c1-36(27(38)17-6-10-22-20(11-17)25-21(26(33)35-22)13-34-37(25)2)23-14-39-24-12-16(5-9-19(23)24)15-3-7-18(8-4-15)40(28,29,30,31)32/h3-13,23H,14H2,1-2H3,(H2,33,35)/t23-/m1/s1. The summed E-state index contributed by atoms with van der Waals surface area (Å²) in [7, 11) is -6.32. The number of anilines is 1. The van der Waals surface area contributed by atoms with Crippen LogP contribution in [0.25, 0.3) is 32.9 Å². The average Bonchev–Trinajstić information content (AvgIpc) is 3.50. The Bertz CT molecular complexity index is 1860. The number of hydrogen-bond acceptors (Lipinski definition) is 5. The van der Waals surface area contributed by atoms with Gasteiger partial charge >= 0.3 is 10.2 Å². The SMILES string of the molecule is CN(C(=O)c1ccc2nc(N)c3cnn(C)c3c2c1)[C@@H]1COc2cc(-c3ccc(S(F)(F)(F)(F)F)cc3)ccc21. The van der Waals surface area contributed by atoms with E-state index in [0.29, 0.717) is 56.9 Å². The maximum absolute atomic E-state index is 13.5. The molecule has 3 aromatic carbocycles. The van der Waals surface area contributed by atoms with Crippen LogP contribution in [-0.4, -0.2) is 39.2 Å². The zero-order valence-corrected chi connectivity index (χ0v) is 21.9. The minimum atomic E-state index is -9.75. The zero-order chi connectivity index (χ0) is 28.7. The summed E-state index contributed by atoms with van der Waals surface area (Å²) in [5, 5.41) is 5.67. The van der Waals surface area contributed by atoms with Crippen molar-refractivity contribution in [2.24, 2.45) is 7.05 Å². The number of nitrogens with zero attached hydrogens (tertiary/aromatic N) is 4. The Kier molecular flexibility index (Phi) is 5.07. The number of pyridine rings is 1. The number of amides is 1. The van der Waals surface area contributed by atoms with Crippen LogP contribution in [0, 0.1) is 0 Å². The lowest BCUT2D eigenvalue weighted by molar-refractivity contribution is 0.0708. The number of halogens is 5. The number of carbonyl (C=O) groups excluding carboxylic acids is 1. The van der Waals surface area contributed by atoms with Crippen LogP contribution in [0.15, 0.2) is 71.8 Å². The van der Waals surface area contributed by atoms with Gasteiger partial charge in [0.1, 0.15) is 23.1 Å². The van der Waals surface area contributed by atoms with Crippen LogP contribution in [0.4, 0.5) is 25.2 Å². The highest BCUT2D eigenvalue weighted by atomic mass is 32.5. The monoisotopic (exact) mass is 575 g/mol. The van der Waals surface area contributed by atoms with Gasteiger partial charge in [-0.1, -0.05) is 43.7 Å². The minimum Gasteiger partial charge on any atom is -0.491 e. The van der Waals surface area contributed by atoms with Crippen molar-refractivity contribution in [2.75, 3.05) is 19.4 Å². The molecule has 3 heterocycles. The Morgan fingerprint density at radius 2 is 1.70 bits per heavy atom. The molecule has 0 radical (unpaired) electrons. The second kappa shape index (κ2) is 7.84. The quantitative estimate of drug-likeness (QED) is 0.229. The molecule has 1 aliphatic heterocycles. The number of hydrogen-bond donors (Lipinski definition) is 1. The number of rotatable bonds is 4. The molecule has 1 aliphatic rings. The normalized spacial score (nSPS) is 16.8. The van der Waals surface area contributed by atoms with Crippen LogP contribution < -0.4 is 10.5 Å². The van der Waals surface area contributed by atoms with Gasteiger partial charge in [0.2, 0.25) is 0 Å². The van der Waals surface area contributed by atoms with Gasteiger partial charge in [-0.05, 0) is 47.5 Å². The third kappa shape index (κ3) is 4.26. The number of aromatic nitrogens is 3. The maximum Gasteiger partial charge on any atom is 0.310 e. The molecule has 208 valence electrons. The van der Waals surface area contributed by atoms with Crippen molar-refractivity contribution in [1.82, 2.24) is 19.7 Å². The second-order valence-corrected chi connectivity index (χ2v) is 12.2. The zero-order valence-electron chi connectivity index (χ0n) is 21.1. The Labute approximate surface area is 224 Å². The molecule has 2 aromatic heterocycles. The predicted octanol–water partition coefficient (Wildman–Crippen LogP) is 7.23. The van der Waals surface area contributed by atoms with Gasteiger partial charge in [0.05, 0.1) is 28.7 Å². The molecule has 0 saturated carbocycles. The van der Waals surface area contributed by atoms with Crippen LogP contribution in [-0.2, 0) is 7.05 Å². The van der Waals surface area contributed by atoms with Crippen LogP contribution in [0.1, 0.15) is 22.0 Å². The van der Waals surface area contributed by atoms with E-state index in [4.69, 9.17) is 10.5 Å². The molecular weight excluding hydrogens is 553 g/mol. The average molecular weight is 576 g/mol. The van der Waals surface area contributed by atoms with Crippen molar-refractivity contribution in [3.05, 3.63) is 78.0 Å². The van der Waals surface area contributed by atoms with Gasteiger partial charge in [-0.25, -0.2) is 4.98 Å². The molecule has 40 heavy (non-hydrogen) atoms. The molecule has 7 nitrogen and oxygen atoms in total. The lowest BCUT2D eigenvalue weighted by Crippen LogP contribution is -2.32. The molecule has 0 fully saturated rings. The smallest absolute Gasteiger partial charge is 0.310 e. The molecule has 5 aromatic rings. The Hall–Kier alpha value is -4.39. The topological polar surface area (TPSA) is 86.3 Å². The number of carbonyl (C=O) groups is 1. The van der Waals surface area contributed by atoms with Crippen molar-refractivity contribution >= 4 is 43.8 Å². The third-order valence-corrected chi connectivity index (χ3v) is 8.31. The highest BCUT2D eigenvalue weighted by Gasteiger charge is 2.65. The molecule has 1 amide bonds. The Balaban J connectivity index is 1.28. The first kappa shape index (κ1) is 25.9. The van der Waals surface area contributed by atoms with Gasteiger partial charge in [-0.15, -0.1) is 0 Å². The van der Waals surface area contributed by atoms with Crippen LogP contribution in [0.5, 0.6) is 5.75 Å². The highest BCUT2D eigenvalue weighted by Crippen LogP contribution is 3.02. The molecule has 0 aliphatic carbocycles. The lowest BCUT2D eigenvalue weighted by Gasteiger charge is -2.40. The van der Waals surface area contributed by atoms with Crippen molar-refractivity contribution in [1.29, 1.82) is 0 Å². The molecule has 0 spiro atoms. The van der Waals surface area contributed by atoms with Crippen molar-refractivity contribution in [2.45, 2.75) is 10.9 Å².